The first kappa shape index (κ1) is 26.2. The van der Waals surface area contributed by atoms with Crippen molar-refractivity contribution in [1.29, 1.82) is 0 Å². The van der Waals surface area contributed by atoms with Gasteiger partial charge in [0.1, 0.15) is 0 Å². The summed E-state index contributed by atoms with van der Waals surface area (Å²) in [7, 11) is 1.87. The Morgan fingerprint density at radius 2 is 1.62 bits per heavy atom. The highest BCUT2D eigenvalue weighted by atomic mass is 19.4. The van der Waals surface area contributed by atoms with Gasteiger partial charge in [0, 0.05) is 26.1 Å². The molecule has 0 spiro atoms. The average Bonchev–Trinajstić information content (AvgIpc) is 2.50. The number of carboxylic acids is 1. The van der Waals surface area contributed by atoms with Gasteiger partial charge in [-0.2, -0.15) is 13.2 Å². The Morgan fingerprint density at radius 1 is 1.12 bits per heavy atom. The summed E-state index contributed by atoms with van der Waals surface area (Å²) < 4.78 is 31.7. The molecule has 1 amide bonds. The zero-order valence-electron chi connectivity index (χ0n) is 15.8. The molecule has 26 heavy (non-hydrogen) atoms. The van der Waals surface area contributed by atoms with Crippen LogP contribution in [0.25, 0.3) is 0 Å². The Kier molecular flexibility index (Phi) is 13.4. The van der Waals surface area contributed by atoms with E-state index >= 15 is 0 Å². The summed E-state index contributed by atoms with van der Waals surface area (Å²) >= 11 is 0. The minimum Gasteiger partial charge on any atom is -0.475 e. The van der Waals surface area contributed by atoms with Crippen molar-refractivity contribution in [2.75, 3.05) is 20.1 Å². The fourth-order valence-electron chi connectivity index (χ4n) is 1.86. The maximum absolute atomic E-state index is 12.1. The van der Waals surface area contributed by atoms with E-state index in [-0.39, 0.29) is 17.8 Å². The predicted molar refractivity (Wildman–Crippen MR) is 94.5 cm³/mol. The first-order valence-corrected chi connectivity index (χ1v) is 8.39. The van der Waals surface area contributed by atoms with Crippen LogP contribution < -0.4 is 11.5 Å². The second kappa shape index (κ2) is 13.2. The smallest absolute Gasteiger partial charge is 0.475 e. The molecule has 1 atom stereocenters. The van der Waals surface area contributed by atoms with Gasteiger partial charge in [-0.3, -0.25) is 9.79 Å². The van der Waals surface area contributed by atoms with Crippen molar-refractivity contribution >= 4 is 17.8 Å². The third-order valence-corrected chi connectivity index (χ3v) is 3.41. The number of halogens is 3. The molecular weight excluding hydrogens is 353 g/mol. The Hall–Kier alpha value is -2.00. The highest BCUT2D eigenvalue weighted by molar-refractivity contribution is 5.78. The molecular formula is C16H31F3N4O3. The van der Waals surface area contributed by atoms with Gasteiger partial charge in [0.05, 0.1) is 0 Å². The second-order valence-electron chi connectivity index (χ2n) is 6.45. The molecule has 0 saturated carbocycles. The van der Waals surface area contributed by atoms with Gasteiger partial charge in [-0.15, -0.1) is 0 Å². The van der Waals surface area contributed by atoms with Crippen molar-refractivity contribution in [3.8, 4) is 0 Å². The topological polar surface area (TPSA) is 122 Å². The molecule has 0 rings (SSSR count). The molecule has 7 nitrogen and oxygen atoms in total. The van der Waals surface area contributed by atoms with Crippen LogP contribution >= 0.6 is 0 Å². The van der Waals surface area contributed by atoms with E-state index in [9.17, 15) is 18.0 Å². The van der Waals surface area contributed by atoms with Crippen molar-refractivity contribution in [3.63, 3.8) is 0 Å². The zero-order valence-corrected chi connectivity index (χ0v) is 15.8. The predicted octanol–water partition coefficient (Wildman–Crippen LogP) is 2.20. The van der Waals surface area contributed by atoms with E-state index in [0.717, 1.165) is 32.2 Å². The standard InChI is InChI=1S/C14H30N4O.C2HF3O2/c1-11(2)7-8-12(3)13(19)18(4)10-6-5-9-17-14(15)16;3-2(4,5)1(6)7/h11-12H,5-10H2,1-4H3,(H4,15,16,17);(H,6,7)/t12-;/m1./s1. The molecule has 0 aromatic heterocycles. The van der Waals surface area contributed by atoms with E-state index in [1.54, 1.807) is 0 Å². The normalized spacial score (nSPS) is 12.0. The quantitative estimate of drug-likeness (QED) is 0.320. The van der Waals surface area contributed by atoms with Crippen molar-refractivity contribution in [3.05, 3.63) is 0 Å². The number of nitrogens with two attached hydrogens (primary N) is 2. The summed E-state index contributed by atoms with van der Waals surface area (Å²) in [6, 6.07) is 0. The highest BCUT2D eigenvalue weighted by Crippen LogP contribution is 2.14. The van der Waals surface area contributed by atoms with Gasteiger partial charge in [0.25, 0.3) is 0 Å². The number of hydrogen-bond donors (Lipinski definition) is 3. The number of carbonyl (C=O) groups excluding carboxylic acids is 1. The largest absolute Gasteiger partial charge is 0.490 e. The van der Waals surface area contributed by atoms with Gasteiger partial charge in [-0.1, -0.05) is 27.2 Å². The van der Waals surface area contributed by atoms with Gasteiger partial charge in [-0.25, -0.2) is 4.79 Å². The second-order valence-corrected chi connectivity index (χ2v) is 6.45. The van der Waals surface area contributed by atoms with E-state index in [1.807, 2.05) is 18.9 Å². The summed E-state index contributed by atoms with van der Waals surface area (Å²) in [6.45, 7) is 7.79. The van der Waals surface area contributed by atoms with Crippen LogP contribution in [-0.4, -0.2) is 54.2 Å². The molecule has 0 aliphatic rings. The Labute approximate surface area is 152 Å². The molecule has 0 radical (unpaired) electrons. The summed E-state index contributed by atoms with van der Waals surface area (Å²) in [5, 5.41) is 7.12. The van der Waals surface area contributed by atoms with E-state index in [0.29, 0.717) is 12.5 Å². The van der Waals surface area contributed by atoms with Crippen LogP contribution in [-0.2, 0) is 9.59 Å². The number of rotatable bonds is 9. The fourth-order valence-corrected chi connectivity index (χ4v) is 1.86. The van der Waals surface area contributed by atoms with Crippen LogP contribution in [0, 0.1) is 11.8 Å². The third kappa shape index (κ3) is 15.5. The van der Waals surface area contributed by atoms with E-state index < -0.39 is 12.1 Å². The minimum absolute atomic E-state index is 0.116. The minimum atomic E-state index is -5.08. The van der Waals surface area contributed by atoms with Gasteiger partial charge in [-0.05, 0) is 25.2 Å². The summed E-state index contributed by atoms with van der Waals surface area (Å²) in [5.74, 6) is -1.62. The number of guanidine groups is 1. The molecule has 0 aromatic carbocycles. The number of aliphatic carboxylic acids is 1. The van der Waals surface area contributed by atoms with Gasteiger partial charge in [0.15, 0.2) is 5.96 Å². The van der Waals surface area contributed by atoms with Crippen LogP contribution in [0.15, 0.2) is 4.99 Å². The molecule has 5 N–H and O–H groups in total. The van der Waals surface area contributed by atoms with Crippen LogP contribution in [0.2, 0.25) is 0 Å². The van der Waals surface area contributed by atoms with Crippen molar-refractivity contribution < 1.29 is 27.9 Å². The number of alkyl halides is 3. The van der Waals surface area contributed by atoms with Gasteiger partial charge >= 0.3 is 12.1 Å². The number of amides is 1. The Bertz CT molecular complexity index is 451. The third-order valence-electron chi connectivity index (χ3n) is 3.41. The first-order chi connectivity index (χ1) is 11.8. The Balaban J connectivity index is 0. The van der Waals surface area contributed by atoms with Crippen molar-refractivity contribution in [1.82, 2.24) is 4.90 Å². The molecule has 0 saturated heterocycles. The molecule has 0 aliphatic heterocycles. The van der Waals surface area contributed by atoms with Crippen molar-refractivity contribution in [2.45, 2.75) is 52.6 Å². The molecule has 10 heteroatoms. The Morgan fingerprint density at radius 3 is 2.00 bits per heavy atom. The lowest BCUT2D eigenvalue weighted by molar-refractivity contribution is -0.192. The van der Waals surface area contributed by atoms with E-state index in [1.165, 1.54) is 0 Å². The number of carbonyl (C=O) groups is 2. The molecule has 0 bridgehead atoms. The van der Waals surface area contributed by atoms with Crippen LogP contribution in [0.5, 0.6) is 0 Å². The average molecular weight is 384 g/mol. The zero-order chi connectivity index (χ0) is 20.9. The number of unbranched alkanes of at least 4 members (excludes halogenated alkanes) is 1. The molecule has 0 fully saturated rings. The van der Waals surface area contributed by atoms with E-state index in [4.69, 9.17) is 21.4 Å². The highest BCUT2D eigenvalue weighted by Gasteiger charge is 2.38. The lowest BCUT2D eigenvalue weighted by Gasteiger charge is -2.21. The number of aliphatic imine (C=N–C) groups is 1. The monoisotopic (exact) mass is 384 g/mol. The maximum atomic E-state index is 12.1. The van der Waals surface area contributed by atoms with Gasteiger partial charge < -0.3 is 21.5 Å². The van der Waals surface area contributed by atoms with Crippen LogP contribution in [0.4, 0.5) is 13.2 Å². The molecule has 0 heterocycles. The number of carboxylic acid groups (broad SMARTS) is 1. The van der Waals surface area contributed by atoms with E-state index in [2.05, 4.69) is 18.8 Å². The van der Waals surface area contributed by atoms with Crippen LogP contribution in [0.1, 0.15) is 46.5 Å². The number of hydrogen-bond acceptors (Lipinski definition) is 3. The summed E-state index contributed by atoms with van der Waals surface area (Å²) in [5.41, 5.74) is 10.5. The maximum Gasteiger partial charge on any atom is 0.490 e. The molecule has 0 aromatic rings. The fraction of sp³-hybridized carbons (Fsp3) is 0.812. The summed E-state index contributed by atoms with van der Waals surface area (Å²) in [6.07, 6.45) is -1.19. The lowest BCUT2D eigenvalue weighted by Crippen LogP contribution is -2.32. The molecule has 0 unspecified atom stereocenters. The first-order valence-electron chi connectivity index (χ1n) is 8.39. The van der Waals surface area contributed by atoms with Gasteiger partial charge in [0.2, 0.25) is 5.91 Å². The van der Waals surface area contributed by atoms with Crippen LogP contribution in [0.3, 0.4) is 0 Å². The molecule has 154 valence electrons. The summed E-state index contributed by atoms with van der Waals surface area (Å²) in [4.78, 5) is 26.7. The SMILES string of the molecule is CC(C)CC[C@@H](C)C(=O)N(C)CCCCN=C(N)N.O=C(O)C(F)(F)F. The lowest BCUT2D eigenvalue weighted by atomic mass is 9.98. The molecule has 0 aliphatic carbocycles. The number of nitrogens with zero attached hydrogens (tertiary/aromatic N) is 2. The van der Waals surface area contributed by atoms with Crippen molar-refractivity contribution in [2.24, 2.45) is 28.3 Å².